The minimum absolute atomic E-state index is 0.285. The van der Waals surface area contributed by atoms with Crippen LogP contribution in [0.1, 0.15) is 32.1 Å². The number of halogens is 3. The monoisotopic (exact) mass is 356 g/mol. The molecule has 2 aromatic rings. The SMILES string of the molecule is O=C(CCCCCCNc1nc(-c2ccccc2)cs1)C(F)(F)F. The number of alkyl halides is 3. The fourth-order valence-corrected chi connectivity index (χ4v) is 2.95. The molecule has 0 saturated carbocycles. The number of aromatic nitrogens is 1. The van der Waals surface area contributed by atoms with Crippen LogP contribution in [0.3, 0.4) is 0 Å². The van der Waals surface area contributed by atoms with Gasteiger partial charge in [-0.3, -0.25) is 4.79 Å². The summed E-state index contributed by atoms with van der Waals surface area (Å²) in [6.07, 6.45) is -2.58. The molecule has 0 saturated heterocycles. The lowest BCUT2D eigenvalue weighted by atomic mass is 10.1. The Balaban J connectivity index is 1.60. The fourth-order valence-electron chi connectivity index (χ4n) is 2.20. The van der Waals surface area contributed by atoms with Crippen molar-refractivity contribution in [1.29, 1.82) is 0 Å². The average molecular weight is 356 g/mol. The average Bonchev–Trinajstić information content (AvgIpc) is 3.02. The van der Waals surface area contributed by atoms with Crippen LogP contribution in [-0.4, -0.2) is 23.5 Å². The topological polar surface area (TPSA) is 42.0 Å². The van der Waals surface area contributed by atoms with Crippen LogP contribution in [0.4, 0.5) is 18.3 Å². The van der Waals surface area contributed by atoms with E-state index in [1.165, 1.54) is 11.3 Å². The zero-order valence-corrected chi connectivity index (χ0v) is 13.9. The molecular weight excluding hydrogens is 337 g/mol. The van der Waals surface area contributed by atoms with Gasteiger partial charge in [-0.2, -0.15) is 13.2 Å². The second kappa shape index (κ2) is 8.82. The first kappa shape index (κ1) is 18.4. The number of unbranched alkanes of at least 4 members (excludes halogenated alkanes) is 3. The Labute approximate surface area is 142 Å². The number of ketones is 1. The number of thiazole rings is 1. The van der Waals surface area contributed by atoms with Crippen LogP contribution in [0.5, 0.6) is 0 Å². The predicted octanol–water partition coefficient (Wildman–Crippen LogP) is 5.30. The molecule has 0 fully saturated rings. The van der Waals surface area contributed by atoms with Crippen molar-refractivity contribution >= 4 is 22.3 Å². The summed E-state index contributed by atoms with van der Waals surface area (Å²) in [4.78, 5) is 15.2. The van der Waals surface area contributed by atoms with E-state index in [1.807, 2.05) is 35.7 Å². The smallest absolute Gasteiger partial charge is 0.362 e. The lowest BCUT2D eigenvalue weighted by Gasteiger charge is -2.05. The van der Waals surface area contributed by atoms with Crippen LogP contribution in [-0.2, 0) is 4.79 Å². The van der Waals surface area contributed by atoms with E-state index in [1.54, 1.807) is 0 Å². The van der Waals surface area contributed by atoms with Gasteiger partial charge >= 0.3 is 6.18 Å². The lowest BCUT2D eigenvalue weighted by molar-refractivity contribution is -0.171. The maximum absolute atomic E-state index is 12.0. The first-order valence-electron chi connectivity index (χ1n) is 7.81. The number of carbonyl (C=O) groups is 1. The highest BCUT2D eigenvalue weighted by Crippen LogP contribution is 2.24. The number of Topliss-reactive ketones (excluding diaryl/α,β-unsaturated/α-hetero) is 1. The molecular formula is C17H19F3N2OS. The van der Waals surface area contributed by atoms with Crippen LogP contribution in [0.25, 0.3) is 11.3 Å². The molecule has 1 aromatic heterocycles. The number of rotatable bonds is 9. The number of benzene rings is 1. The van der Waals surface area contributed by atoms with Crippen molar-refractivity contribution in [2.24, 2.45) is 0 Å². The highest BCUT2D eigenvalue weighted by molar-refractivity contribution is 7.14. The molecule has 3 nitrogen and oxygen atoms in total. The van der Waals surface area contributed by atoms with Gasteiger partial charge in [0.15, 0.2) is 5.13 Å². The van der Waals surface area contributed by atoms with Crippen LogP contribution in [0.15, 0.2) is 35.7 Å². The largest absolute Gasteiger partial charge is 0.449 e. The van der Waals surface area contributed by atoms with E-state index in [0.717, 1.165) is 35.8 Å². The summed E-state index contributed by atoms with van der Waals surface area (Å²) in [6.45, 7) is 0.717. The molecule has 0 aliphatic rings. The molecule has 130 valence electrons. The molecule has 0 aliphatic carbocycles. The Kier molecular flexibility index (Phi) is 6.78. The minimum Gasteiger partial charge on any atom is -0.362 e. The maximum Gasteiger partial charge on any atom is 0.449 e. The molecule has 0 spiro atoms. The van der Waals surface area contributed by atoms with Crippen LogP contribution >= 0.6 is 11.3 Å². The van der Waals surface area contributed by atoms with Crippen molar-refractivity contribution in [1.82, 2.24) is 4.98 Å². The Morgan fingerprint density at radius 2 is 1.79 bits per heavy atom. The summed E-state index contributed by atoms with van der Waals surface area (Å²) < 4.78 is 36.1. The van der Waals surface area contributed by atoms with E-state index in [0.29, 0.717) is 6.42 Å². The number of nitrogens with one attached hydrogen (secondary N) is 1. The number of hydrogen-bond donors (Lipinski definition) is 1. The molecule has 1 heterocycles. The van der Waals surface area contributed by atoms with Gasteiger partial charge in [-0.25, -0.2) is 4.98 Å². The number of anilines is 1. The minimum atomic E-state index is -4.69. The third-order valence-corrected chi connectivity index (χ3v) is 4.30. The van der Waals surface area contributed by atoms with Gasteiger partial charge in [-0.15, -0.1) is 11.3 Å². The van der Waals surface area contributed by atoms with E-state index >= 15 is 0 Å². The van der Waals surface area contributed by atoms with Gasteiger partial charge in [0, 0.05) is 23.9 Å². The second-order valence-electron chi connectivity index (χ2n) is 5.42. The molecule has 0 atom stereocenters. The first-order chi connectivity index (χ1) is 11.5. The highest BCUT2D eigenvalue weighted by Gasteiger charge is 2.36. The molecule has 0 aliphatic heterocycles. The van der Waals surface area contributed by atoms with Gasteiger partial charge in [-0.05, 0) is 12.8 Å². The third-order valence-electron chi connectivity index (χ3n) is 3.50. The zero-order chi connectivity index (χ0) is 17.4. The van der Waals surface area contributed by atoms with E-state index in [-0.39, 0.29) is 6.42 Å². The van der Waals surface area contributed by atoms with Crippen LogP contribution in [0.2, 0.25) is 0 Å². The normalized spacial score (nSPS) is 11.5. The van der Waals surface area contributed by atoms with Crippen molar-refractivity contribution < 1.29 is 18.0 Å². The Hall–Kier alpha value is -1.89. The van der Waals surface area contributed by atoms with Crippen LogP contribution < -0.4 is 5.32 Å². The number of hydrogen-bond acceptors (Lipinski definition) is 4. The molecule has 1 N–H and O–H groups in total. The standard InChI is InChI=1S/C17H19F3N2OS/c18-17(19,20)15(23)10-6-1-2-7-11-21-16-22-14(12-24-16)13-8-4-3-5-9-13/h3-5,8-9,12H,1-2,6-7,10-11H2,(H,21,22). The van der Waals surface area contributed by atoms with Crippen LogP contribution in [0, 0.1) is 0 Å². The second-order valence-corrected chi connectivity index (χ2v) is 6.27. The predicted molar refractivity (Wildman–Crippen MR) is 90.2 cm³/mol. The number of carbonyl (C=O) groups excluding carboxylic acids is 1. The molecule has 0 radical (unpaired) electrons. The molecule has 1 aromatic carbocycles. The maximum atomic E-state index is 12.0. The summed E-state index contributed by atoms with van der Waals surface area (Å²) in [5.41, 5.74) is 1.99. The van der Waals surface area contributed by atoms with Gasteiger partial charge in [0.1, 0.15) is 0 Å². The highest BCUT2D eigenvalue weighted by atomic mass is 32.1. The quantitative estimate of drug-likeness (QED) is 0.620. The van der Waals surface area contributed by atoms with Crippen molar-refractivity contribution in [3.8, 4) is 11.3 Å². The summed E-state index contributed by atoms with van der Waals surface area (Å²) in [5.74, 6) is -1.63. The van der Waals surface area contributed by atoms with Crippen molar-refractivity contribution in [2.45, 2.75) is 38.3 Å². The molecule has 7 heteroatoms. The van der Waals surface area contributed by atoms with Crippen molar-refractivity contribution in [3.63, 3.8) is 0 Å². The van der Waals surface area contributed by atoms with Crippen molar-refractivity contribution in [3.05, 3.63) is 35.7 Å². The lowest BCUT2D eigenvalue weighted by Crippen LogP contribution is -2.22. The van der Waals surface area contributed by atoms with Gasteiger partial charge in [0.25, 0.3) is 0 Å². The molecule has 24 heavy (non-hydrogen) atoms. The summed E-state index contributed by atoms with van der Waals surface area (Å²) >= 11 is 1.53. The summed E-state index contributed by atoms with van der Waals surface area (Å²) in [7, 11) is 0. The Morgan fingerprint density at radius 3 is 2.50 bits per heavy atom. The zero-order valence-electron chi connectivity index (χ0n) is 13.1. The van der Waals surface area contributed by atoms with E-state index < -0.39 is 18.4 Å². The van der Waals surface area contributed by atoms with E-state index in [9.17, 15) is 18.0 Å². The fraction of sp³-hybridized carbons (Fsp3) is 0.412. The third kappa shape index (κ3) is 5.96. The number of nitrogens with zero attached hydrogens (tertiary/aromatic N) is 1. The first-order valence-corrected chi connectivity index (χ1v) is 8.69. The molecule has 0 amide bonds. The summed E-state index contributed by atoms with van der Waals surface area (Å²) in [5, 5.41) is 6.04. The molecule has 0 bridgehead atoms. The van der Waals surface area contributed by atoms with E-state index in [2.05, 4.69) is 10.3 Å². The summed E-state index contributed by atoms with van der Waals surface area (Å²) in [6, 6.07) is 9.88. The van der Waals surface area contributed by atoms with Gasteiger partial charge in [0.05, 0.1) is 5.69 Å². The Bertz CT molecular complexity index is 641. The van der Waals surface area contributed by atoms with E-state index in [4.69, 9.17) is 0 Å². The van der Waals surface area contributed by atoms with Crippen molar-refractivity contribution in [2.75, 3.05) is 11.9 Å². The Morgan fingerprint density at radius 1 is 1.08 bits per heavy atom. The molecule has 2 rings (SSSR count). The van der Waals surface area contributed by atoms with Gasteiger partial charge in [0.2, 0.25) is 5.78 Å². The van der Waals surface area contributed by atoms with Gasteiger partial charge < -0.3 is 5.32 Å². The molecule has 0 unspecified atom stereocenters. The van der Waals surface area contributed by atoms with Gasteiger partial charge in [-0.1, -0.05) is 43.2 Å².